The lowest BCUT2D eigenvalue weighted by Gasteiger charge is -2.22. The molecule has 1 rings (SSSR count). The third-order valence-corrected chi connectivity index (χ3v) is 2.28. The van der Waals surface area contributed by atoms with Crippen LogP contribution in [0.1, 0.15) is 26.7 Å². The fourth-order valence-corrected chi connectivity index (χ4v) is 1.41. The first kappa shape index (κ1) is 12.7. The quantitative estimate of drug-likeness (QED) is 0.767. The van der Waals surface area contributed by atoms with Crippen LogP contribution in [0.2, 0.25) is 0 Å². The molecule has 5 nitrogen and oxygen atoms in total. The highest BCUT2D eigenvalue weighted by molar-refractivity contribution is 5.27. The highest BCUT2D eigenvalue weighted by atomic mass is 16.5. The van der Waals surface area contributed by atoms with E-state index < -0.39 is 5.60 Å². The van der Waals surface area contributed by atoms with E-state index in [9.17, 15) is 5.11 Å². The first-order valence-corrected chi connectivity index (χ1v) is 5.39. The van der Waals surface area contributed by atoms with E-state index in [1.807, 2.05) is 6.92 Å². The monoisotopic (exact) mass is 225 g/mol. The van der Waals surface area contributed by atoms with E-state index in [2.05, 4.69) is 15.3 Å². The SMILES string of the molecule is CCCC(C)(O)CNc1ncc(OC)cn1. The minimum Gasteiger partial charge on any atom is -0.494 e. The van der Waals surface area contributed by atoms with Gasteiger partial charge in [-0.15, -0.1) is 0 Å². The molecule has 0 aliphatic carbocycles. The summed E-state index contributed by atoms with van der Waals surface area (Å²) in [4.78, 5) is 8.11. The molecule has 90 valence electrons. The summed E-state index contributed by atoms with van der Waals surface area (Å²) in [7, 11) is 1.57. The Morgan fingerprint density at radius 1 is 1.44 bits per heavy atom. The Morgan fingerprint density at radius 3 is 2.56 bits per heavy atom. The number of aliphatic hydroxyl groups is 1. The van der Waals surface area contributed by atoms with Crippen molar-refractivity contribution in [2.24, 2.45) is 0 Å². The lowest BCUT2D eigenvalue weighted by Crippen LogP contribution is -2.33. The molecule has 0 aromatic carbocycles. The second-order valence-corrected chi connectivity index (χ2v) is 4.05. The molecule has 0 fully saturated rings. The largest absolute Gasteiger partial charge is 0.494 e. The first-order valence-electron chi connectivity index (χ1n) is 5.39. The van der Waals surface area contributed by atoms with Crippen LogP contribution in [0.5, 0.6) is 5.75 Å². The van der Waals surface area contributed by atoms with E-state index in [1.165, 1.54) is 0 Å². The van der Waals surface area contributed by atoms with Gasteiger partial charge in [-0.3, -0.25) is 0 Å². The van der Waals surface area contributed by atoms with Crippen molar-refractivity contribution >= 4 is 5.95 Å². The minimum absolute atomic E-state index is 0.438. The zero-order chi connectivity index (χ0) is 12.0. The van der Waals surface area contributed by atoms with Crippen molar-refractivity contribution in [1.82, 2.24) is 9.97 Å². The lowest BCUT2D eigenvalue weighted by molar-refractivity contribution is 0.0635. The van der Waals surface area contributed by atoms with Crippen LogP contribution in [-0.2, 0) is 0 Å². The number of hydrogen-bond donors (Lipinski definition) is 2. The van der Waals surface area contributed by atoms with Gasteiger partial charge in [0.25, 0.3) is 0 Å². The minimum atomic E-state index is -0.724. The number of rotatable bonds is 6. The smallest absolute Gasteiger partial charge is 0.222 e. The molecule has 0 amide bonds. The van der Waals surface area contributed by atoms with E-state index >= 15 is 0 Å². The number of ether oxygens (including phenoxy) is 1. The maximum absolute atomic E-state index is 9.93. The van der Waals surface area contributed by atoms with Crippen LogP contribution in [0.25, 0.3) is 0 Å². The number of aromatic nitrogens is 2. The van der Waals surface area contributed by atoms with Gasteiger partial charge < -0.3 is 15.2 Å². The molecule has 1 aromatic heterocycles. The maximum atomic E-state index is 9.93. The zero-order valence-electron chi connectivity index (χ0n) is 10.0. The Bertz CT molecular complexity index is 312. The summed E-state index contributed by atoms with van der Waals surface area (Å²) < 4.78 is 4.95. The van der Waals surface area contributed by atoms with Crippen LogP contribution in [0.3, 0.4) is 0 Å². The molecule has 1 atom stereocenters. The summed E-state index contributed by atoms with van der Waals surface area (Å²) in [5.74, 6) is 1.11. The Labute approximate surface area is 95.9 Å². The van der Waals surface area contributed by atoms with E-state index in [0.29, 0.717) is 18.2 Å². The molecule has 1 unspecified atom stereocenters. The molecule has 1 aromatic rings. The molecule has 0 bridgehead atoms. The molecular formula is C11H19N3O2. The Morgan fingerprint density at radius 2 is 2.06 bits per heavy atom. The van der Waals surface area contributed by atoms with Crippen LogP contribution < -0.4 is 10.1 Å². The van der Waals surface area contributed by atoms with Gasteiger partial charge in [0.05, 0.1) is 25.1 Å². The summed E-state index contributed by atoms with van der Waals surface area (Å²) in [6, 6.07) is 0. The van der Waals surface area contributed by atoms with E-state index in [-0.39, 0.29) is 0 Å². The van der Waals surface area contributed by atoms with Crippen LogP contribution in [0, 0.1) is 0 Å². The zero-order valence-corrected chi connectivity index (χ0v) is 10.0. The van der Waals surface area contributed by atoms with Crippen molar-refractivity contribution in [2.45, 2.75) is 32.3 Å². The van der Waals surface area contributed by atoms with Crippen LogP contribution >= 0.6 is 0 Å². The van der Waals surface area contributed by atoms with Crippen LogP contribution in [-0.4, -0.2) is 34.3 Å². The summed E-state index contributed by atoms with van der Waals surface area (Å²) in [5, 5.41) is 12.9. The number of methoxy groups -OCH3 is 1. The number of nitrogens with one attached hydrogen (secondary N) is 1. The normalized spacial score (nSPS) is 14.2. The summed E-state index contributed by atoms with van der Waals surface area (Å²) >= 11 is 0. The average molecular weight is 225 g/mol. The van der Waals surface area contributed by atoms with E-state index in [1.54, 1.807) is 26.4 Å². The Balaban J connectivity index is 2.48. The van der Waals surface area contributed by atoms with Gasteiger partial charge in [0.2, 0.25) is 5.95 Å². The third kappa shape index (κ3) is 4.02. The second-order valence-electron chi connectivity index (χ2n) is 4.05. The van der Waals surface area contributed by atoms with Crippen molar-refractivity contribution in [3.8, 4) is 5.75 Å². The highest BCUT2D eigenvalue weighted by Gasteiger charge is 2.18. The van der Waals surface area contributed by atoms with Gasteiger partial charge in [-0.25, -0.2) is 9.97 Å². The number of nitrogens with zero attached hydrogens (tertiary/aromatic N) is 2. The van der Waals surface area contributed by atoms with Crippen LogP contribution in [0.4, 0.5) is 5.95 Å². The molecule has 0 aliphatic heterocycles. The average Bonchev–Trinajstić information content (AvgIpc) is 2.27. The van der Waals surface area contributed by atoms with Crippen molar-refractivity contribution in [3.05, 3.63) is 12.4 Å². The summed E-state index contributed by atoms with van der Waals surface area (Å²) in [6.07, 6.45) is 4.86. The lowest BCUT2D eigenvalue weighted by atomic mass is 10.0. The molecule has 16 heavy (non-hydrogen) atoms. The van der Waals surface area contributed by atoms with Crippen molar-refractivity contribution < 1.29 is 9.84 Å². The number of hydrogen-bond acceptors (Lipinski definition) is 5. The molecule has 0 spiro atoms. The van der Waals surface area contributed by atoms with Crippen LogP contribution in [0.15, 0.2) is 12.4 Å². The van der Waals surface area contributed by atoms with E-state index in [0.717, 1.165) is 12.8 Å². The van der Waals surface area contributed by atoms with Gasteiger partial charge in [0, 0.05) is 6.54 Å². The summed E-state index contributed by atoms with van der Waals surface area (Å²) in [5.41, 5.74) is -0.724. The second kappa shape index (κ2) is 5.65. The van der Waals surface area contributed by atoms with Gasteiger partial charge in [0.15, 0.2) is 5.75 Å². The third-order valence-electron chi connectivity index (χ3n) is 2.28. The van der Waals surface area contributed by atoms with Gasteiger partial charge in [0.1, 0.15) is 0 Å². The Hall–Kier alpha value is -1.36. The van der Waals surface area contributed by atoms with E-state index in [4.69, 9.17) is 4.74 Å². The fraction of sp³-hybridized carbons (Fsp3) is 0.636. The fourth-order valence-electron chi connectivity index (χ4n) is 1.41. The van der Waals surface area contributed by atoms with Gasteiger partial charge >= 0.3 is 0 Å². The topological polar surface area (TPSA) is 67.3 Å². The predicted molar refractivity (Wildman–Crippen MR) is 62.6 cm³/mol. The Kier molecular flexibility index (Phi) is 4.49. The molecule has 2 N–H and O–H groups in total. The first-order chi connectivity index (χ1) is 7.57. The van der Waals surface area contributed by atoms with Gasteiger partial charge in [-0.05, 0) is 13.3 Å². The maximum Gasteiger partial charge on any atom is 0.222 e. The van der Waals surface area contributed by atoms with Gasteiger partial charge in [-0.2, -0.15) is 0 Å². The van der Waals surface area contributed by atoms with Crippen molar-refractivity contribution in [3.63, 3.8) is 0 Å². The molecule has 0 aliphatic rings. The van der Waals surface area contributed by atoms with Crippen molar-refractivity contribution in [1.29, 1.82) is 0 Å². The molecule has 0 saturated heterocycles. The molecule has 5 heteroatoms. The standard InChI is InChI=1S/C11H19N3O2/c1-4-5-11(2,15)8-14-10-12-6-9(16-3)7-13-10/h6-7,15H,4-5,8H2,1-3H3,(H,12,13,14). The van der Waals surface area contributed by atoms with Gasteiger partial charge in [-0.1, -0.05) is 13.3 Å². The predicted octanol–water partition coefficient (Wildman–Crippen LogP) is 1.45. The van der Waals surface area contributed by atoms with Crippen molar-refractivity contribution in [2.75, 3.05) is 19.0 Å². The summed E-state index contributed by atoms with van der Waals surface area (Å²) in [6.45, 7) is 4.28. The highest BCUT2D eigenvalue weighted by Crippen LogP contribution is 2.13. The molecular weight excluding hydrogens is 206 g/mol. The molecule has 0 radical (unpaired) electrons. The number of anilines is 1. The molecule has 1 heterocycles. The molecule has 0 saturated carbocycles.